The first kappa shape index (κ1) is 14.9. The molecule has 108 valence electrons. The third-order valence-electron chi connectivity index (χ3n) is 2.87. The lowest BCUT2D eigenvalue weighted by atomic mass is 10.1. The van der Waals surface area contributed by atoms with Crippen molar-refractivity contribution in [2.75, 3.05) is 11.4 Å². The van der Waals surface area contributed by atoms with Crippen molar-refractivity contribution in [2.24, 2.45) is 0 Å². The summed E-state index contributed by atoms with van der Waals surface area (Å²) in [5, 5.41) is -0.173. The average molecular weight is 296 g/mol. The molecule has 1 aliphatic rings. The quantitative estimate of drug-likeness (QED) is 0.622. The molecule has 1 aromatic rings. The first-order valence-electron chi connectivity index (χ1n) is 6.54. The first-order chi connectivity index (χ1) is 9.26. The minimum Gasteiger partial charge on any atom is -0.456 e. The Balaban J connectivity index is 2.20. The van der Waals surface area contributed by atoms with Crippen LogP contribution in [0, 0.1) is 0 Å². The number of ether oxygens (including phenoxy) is 1. The van der Waals surface area contributed by atoms with Gasteiger partial charge in [-0.15, -0.1) is 11.6 Å². The molecule has 0 spiro atoms. The molecule has 1 fully saturated rings. The van der Waals surface area contributed by atoms with Gasteiger partial charge in [-0.05, 0) is 39.0 Å². The van der Waals surface area contributed by atoms with Crippen LogP contribution < -0.4 is 4.90 Å². The molecule has 1 amide bonds. The number of carbonyl (C=O) groups excluding carboxylic acids is 2. The van der Waals surface area contributed by atoms with Crippen LogP contribution >= 0.6 is 11.6 Å². The van der Waals surface area contributed by atoms with Crippen LogP contribution in [0.1, 0.15) is 37.6 Å². The zero-order valence-corrected chi connectivity index (χ0v) is 12.6. The number of anilines is 1. The van der Waals surface area contributed by atoms with Crippen molar-refractivity contribution < 1.29 is 14.3 Å². The van der Waals surface area contributed by atoms with E-state index in [0.717, 1.165) is 0 Å². The van der Waals surface area contributed by atoms with Gasteiger partial charge in [0.1, 0.15) is 5.60 Å². The van der Waals surface area contributed by atoms with Gasteiger partial charge in [0.2, 0.25) is 5.91 Å². The predicted molar refractivity (Wildman–Crippen MR) is 78.2 cm³/mol. The van der Waals surface area contributed by atoms with E-state index >= 15 is 0 Å². The number of alkyl halides is 1. The molecule has 4 nitrogen and oxygen atoms in total. The summed E-state index contributed by atoms with van der Waals surface area (Å²) in [4.78, 5) is 25.4. The van der Waals surface area contributed by atoms with Crippen LogP contribution in [0.2, 0.25) is 0 Å². The summed E-state index contributed by atoms with van der Waals surface area (Å²) in [6.45, 7) is 5.92. The lowest BCUT2D eigenvalue weighted by molar-refractivity contribution is -0.117. The molecule has 2 rings (SSSR count). The van der Waals surface area contributed by atoms with Gasteiger partial charge in [0.25, 0.3) is 0 Å². The molecule has 0 bridgehead atoms. The maximum atomic E-state index is 12.0. The summed E-state index contributed by atoms with van der Waals surface area (Å²) in [6.07, 6.45) is 0.332. The zero-order valence-electron chi connectivity index (χ0n) is 11.9. The number of benzene rings is 1. The smallest absolute Gasteiger partial charge is 0.338 e. The Bertz CT molecular complexity index is 536. The van der Waals surface area contributed by atoms with E-state index in [-0.39, 0.29) is 11.3 Å². The Kier molecular flexibility index (Phi) is 4.04. The van der Waals surface area contributed by atoms with Gasteiger partial charge in [0.05, 0.1) is 10.9 Å². The van der Waals surface area contributed by atoms with E-state index in [1.54, 1.807) is 29.2 Å². The molecule has 0 aromatic heterocycles. The van der Waals surface area contributed by atoms with Gasteiger partial charge < -0.3 is 9.64 Å². The average Bonchev–Trinajstić information content (AvgIpc) is 2.66. The minimum absolute atomic E-state index is 0.0219. The number of carbonyl (C=O) groups is 2. The third kappa shape index (κ3) is 3.51. The second kappa shape index (κ2) is 5.44. The highest BCUT2D eigenvalue weighted by molar-refractivity contribution is 6.24. The van der Waals surface area contributed by atoms with Crippen LogP contribution in [0.3, 0.4) is 0 Å². The van der Waals surface area contributed by atoms with Gasteiger partial charge >= 0.3 is 5.97 Å². The second-order valence-corrected chi connectivity index (χ2v) is 6.48. The molecule has 1 heterocycles. The summed E-state index contributed by atoms with van der Waals surface area (Å²) in [7, 11) is 0. The van der Waals surface area contributed by atoms with Crippen LogP contribution in [0.5, 0.6) is 0 Å². The van der Waals surface area contributed by atoms with Crippen molar-refractivity contribution in [1.29, 1.82) is 0 Å². The Labute approximate surface area is 123 Å². The predicted octanol–water partition coefficient (Wildman–Crippen LogP) is 2.99. The lowest BCUT2D eigenvalue weighted by Gasteiger charge is -2.20. The summed E-state index contributed by atoms with van der Waals surface area (Å²) in [5.41, 5.74) is 0.572. The third-order valence-corrected chi connectivity index (χ3v) is 3.16. The van der Waals surface area contributed by atoms with Crippen LogP contribution in [0.25, 0.3) is 0 Å². The molecule has 1 saturated heterocycles. The summed E-state index contributed by atoms with van der Waals surface area (Å²) in [5.74, 6) is -0.417. The van der Waals surface area contributed by atoms with E-state index in [0.29, 0.717) is 24.2 Å². The van der Waals surface area contributed by atoms with E-state index in [4.69, 9.17) is 16.3 Å². The Hall–Kier alpha value is -1.55. The monoisotopic (exact) mass is 295 g/mol. The molecular formula is C15H18ClNO3. The van der Waals surface area contributed by atoms with E-state index in [9.17, 15) is 9.59 Å². The number of esters is 1. The fourth-order valence-electron chi connectivity index (χ4n) is 2.05. The molecule has 1 atom stereocenters. The molecule has 0 aliphatic carbocycles. The fraction of sp³-hybridized carbons (Fsp3) is 0.467. The zero-order chi connectivity index (χ0) is 14.9. The normalized spacial score (nSPS) is 19.3. The highest BCUT2D eigenvalue weighted by atomic mass is 35.5. The topological polar surface area (TPSA) is 46.6 Å². The molecular weight excluding hydrogens is 278 g/mol. The number of hydrogen-bond donors (Lipinski definition) is 0. The number of amides is 1. The summed E-state index contributed by atoms with van der Waals surface area (Å²) >= 11 is 5.99. The van der Waals surface area contributed by atoms with Gasteiger partial charge in [-0.25, -0.2) is 4.79 Å². The standard InChI is InChI=1S/C15H18ClNO3/c1-15(2,3)20-14(19)10-5-4-6-12(7-10)17-9-11(16)8-13(17)18/h4-7,11H,8-9H2,1-3H3. The van der Waals surface area contributed by atoms with E-state index in [1.165, 1.54) is 0 Å². The van der Waals surface area contributed by atoms with E-state index in [2.05, 4.69) is 0 Å². The van der Waals surface area contributed by atoms with Gasteiger partial charge in [-0.3, -0.25) is 4.79 Å². The lowest BCUT2D eigenvalue weighted by Crippen LogP contribution is -2.26. The van der Waals surface area contributed by atoms with Crippen molar-refractivity contribution in [3.8, 4) is 0 Å². The summed E-state index contributed by atoms with van der Waals surface area (Å²) in [6, 6.07) is 6.88. The van der Waals surface area contributed by atoms with Crippen LogP contribution in [-0.4, -0.2) is 29.4 Å². The largest absolute Gasteiger partial charge is 0.456 e. The van der Waals surface area contributed by atoms with Crippen molar-refractivity contribution in [2.45, 2.75) is 38.2 Å². The van der Waals surface area contributed by atoms with Gasteiger partial charge in [-0.1, -0.05) is 6.07 Å². The Morgan fingerprint density at radius 1 is 1.40 bits per heavy atom. The maximum absolute atomic E-state index is 12.0. The summed E-state index contributed by atoms with van der Waals surface area (Å²) < 4.78 is 5.32. The van der Waals surface area contributed by atoms with Crippen LogP contribution in [0.4, 0.5) is 5.69 Å². The first-order valence-corrected chi connectivity index (χ1v) is 6.98. The van der Waals surface area contributed by atoms with E-state index < -0.39 is 11.6 Å². The molecule has 1 aliphatic heterocycles. The van der Waals surface area contributed by atoms with Crippen molar-refractivity contribution >= 4 is 29.2 Å². The second-order valence-electron chi connectivity index (χ2n) is 5.86. The van der Waals surface area contributed by atoms with Crippen molar-refractivity contribution in [3.05, 3.63) is 29.8 Å². The Morgan fingerprint density at radius 3 is 2.65 bits per heavy atom. The number of nitrogens with zero attached hydrogens (tertiary/aromatic N) is 1. The Morgan fingerprint density at radius 2 is 2.10 bits per heavy atom. The molecule has 0 radical (unpaired) electrons. The van der Waals surface area contributed by atoms with Gasteiger partial charge in [0.15, 0.2) is 0 Å². The molecule has 0 N–H and O–H groups in total. The fourth-order valence-corrected chi connectivity index (χ4v) is 2.32. The maximum Gasteiger partial charge on any atom is 0.338 e. The molecule has 1 unspecified atom stereocenters. The van der Waals surface area contributed by atoms with Gasteiger partial charge in [0, 0.05) is 18.7 Å². The van der Waals surface area contributed by atoms with Gasteiger partial charge in [-0.2, -0.15) is 0 Å². The van der Waals surface area contributed by atoms with Crippen LogP contribution in [-0.2, 0) is 9.53 Å². The van der Waals surface area contributed by atoms with Crippen LogP contribution in [0.15, 0.2) is 24.3 Å². The highest BCUT2D eigenvalue weighted by Gasteiger charge is 2.29. The number of halogens is 1. The number of hydrogen-bond acceptors (Lipinski definition) is 3. The minimum atomic E-state index is -0.544. The molecule has 1 aromatic carbocycles. The molecule has 20 heavy (non-hydrogen) atoms. The SMILES string of the molecule is CC(C)(C)OC(=O)c1cccc(N2CC(Cl)CC2=O)c1. The van der Waals surface area contributed by atoms with Crippen molar-refractivity contribution in [1.82, 2.24) is 0 Å². The van der Waals surface area contributed by atoms with E-state index in [1.807, 2.05) is 20.8 Å². The molecule has 0 saturated carbocycles. The van der Waals surface area contributed by atoms with Crippen molar-refractivity contribution in [3.63, 3.8) is 0 Å². The number of rotatable bonds is 2. The molecule has 5 heteroatoms. The highest BCUT2D eigenvalue weighted by Crippen LogP contribution is 2.25.